The number of halogens is 1. The highest BCUT2D eigenvalue weighted by atomic mass is 19.1. The summed E-state index contributed by atoms with van der Waals surface area (Å²) in [6.07, 6.45) is 6.90. The number of hydrogen-bond acceptors (Lipinski definition) is 1. The number of hydrogen-bond donors (Lipinski definition) is 0. The highest BCUT2D eigenvalue weighted by molar-refractivity contribution is 6.30. The van der Waals surface area contributed by atoms with Crippen LogP contribution in [-0.2, 0) is 0 Å². The van der Waals surface area contributed by atoms with E-state index in [4.69, 9.17) is 0 Å². The summed E-state index contributed by atoms with van der Waals surface area (Å²) in [6, 6.07) is 4.74. The first-order valence-corrected chi connectivity index (χ1v) is 4.59. The first kappa shape index (κ1) is 7.68. The predicted molar refractivity (Wildman–Crippen MR) is 55.2 cm³/mol. The molecule has 0 saturated heterocycles. The molecule has 0 saturated carbocycles. The molecule has 0 spiro atoms. The van der Waals surface area contributed by atoms with Crippen molar-refractivity contribution in [1.82, 2.24) is 0 Å². The van der Waals surface area contributed by atoms with E-state index in [9.17, 15) is 4.39 Å². The number of aliphatic imine (C=N–C) groups is 1. The molecule has 0 fully saturated rings. The maximum Gasteiger partial charge on any atom is 0.123 e. The quantitative estimate of drug-likeness (QED) is 0.588. The molecule has 0 amide bonds. The Kier molecular flexibility index (Phi) is 1.45. The molecule has 0 bridgehead atoms. The van der Waals surface area contributed by atoms with Gasteiger partial charge in [0, 0.05) is 17.6 Å². The van der Waals surface area contributed by atoms with Crippen LogP contribution in [0.25, 0.3) is 5.57 Å². The molecule has 0 atom stereocenters. The van der Waals surface area contributed by atoms with Crippen LogP contribution >= 0.6 is 0 Å². The summed E-state index contributed by atoms with van der Waals surface area (Å²) in [4.78, 5) is 4.45. The van der Waals surface area contributed by atoms with E-state index in [1.165, 1.54) is 6.07 Å². The van der Waals surface area contributed by atoms with E-state index in [-0.39, 0.29) is 5.82 Å². The molecule has 1 aromatic rings. The largest absolute Gasteiger partial charge is 0.252 e. The van der Waals surface area contributed by atoms with Gasteiger partial charge in [-0.25, -0.2) is 4.39 Å². The molecule has 3 rings (SSSR count). The summed E-state index contributed by atoms with van der Waals surface area (Å²) in [5, 5.41) is 0. The first-order chi connectivity index (χ1) is 6.84. The number of allylic oxidation sites excluding steroid dienone is 4. The third-order valence-corrected chi connectivity index (χ3v) is 2.53. The molecule has 1 nitrogen and oxygen atoms in total. The zero-order valence-corrected chi connectivity index (χ0v) is 7.50. The molecule has 14 heavy (non-hydrogen) atoms. The monoisotopic (exact) mass is 185 g/mol. The Morgan fingerprint density at radius 1 is 1.29 bits per heavy atom. The molecule has 2 heteroatoms. The lowest BCUT2D eigenvalue weighted by atomic mass is 9.97. The zero-order valence-electron chi connectivity index (χ0n) is 7.50. The van der Waals surface area contributed by atoms with E-state index >= 15 is 0 Å². The van der Waals surface area contributed by atoms with E-state index in [2.05, 4.69) is 11.1 Å². The van der Waals surface area contributed by atoms with Crippen molar-refractivity contribution in [3.63, 3.8) is 0 Å². The second kappa shape index (κ2) is 2.64. The van der Waals surface area contributed by atoms with Gasteiger partial charge < -0.3 is 0 Å². The molecule has 2 aliphatic rings. The minimum Gasteiger partial charge on any atom is -0.252 e. The van der Waals surface area contributed by atoms with Crippen LogP contribution in [0, 0.1) is 5.82 Å². The second-order valence-corrected chi connectivity index (χ2v) is 3.43. The number of nitrogens with zero attached hydrogens (tertiary/aromatic N) is 1. The highest BCUT2D eigenvalue weighted by Crippen LogP contribution is 2.37. The maximum absolute atomic E-state index is 13.0. The van der Waals surface area contributed by atoms with Gasteiger partial charge in [0.15, 0.2) is 0 Å². The normalized spacial score (nSPS) is 17.2. The van der Waals surface area contributed by atoms with Crippen LogP contribution in [0.4, 0.5) is 10.1 Å². The van der Waals surface area contributed by atoms with E-state index in [1.807, 2.05) is 12.2 Å². The summed E-state index contributed by atoms with van der Waals surface area (Å²) in [5.41, 5.74) is 3.93. The van der Waals surface area contributed by atoms with E-state index in [0.717, 1.165) is 29.0 Å². The van der Waals surface area contributed by atoms with Gasteiger partial charge in [-0.15, -0.1) is 0 Å². The van der Waals surface area contributed by atoms with Crippen LogP contribution in [0.5, 0.6) is 0 Å². The summed E-state index contributed by atoms with van der Waals surface area (Å²) in [6.45, 7) is 0. The Morgan fingerprint density at radius 3 is 3.14 bits per heavy atom. The Morgan fingerprint density at radius 2 is 2.21 bits per heavy atom. The van der Waals surface area contributed by atoms with Crippen LogP contribution in [-0.4, -0.2) is 5.71 Å². The molecular weight excluding hydrogens is 177 g/mol. The van der Waals surface area contributed by atoms with Gasteiger partial charge in [0.25, 0.3) is 0 Å². The third-order valence-electron chi connectivity index (χ3n) is 2.53. The smallest absolute Gasteiger partial charge is 0.123 e. The van der Waals surface area contributed by atoms with Crippen LogP contribution < -0.4 is 0 Å². The molecule has 1 aliphatic heterocycles. The van der Waals surface area contributed by atoms with Gasteiger partial charge in [-0.3, -0.25) is 4.99 Å². The zero-order chi connectivity index (χ0) is 9.54. The van der Waals surface area contributed by atoms with Crippen molar-refractivity contribution in [2.24, 2.45) is 4.99 Å². The fourth-order valence-corrected chi connectivity index (χ4v) is 1.87. The SMILES string of the molecule is Fc1ccc2c(c1)C1=CC=CCC1=N2. The average molecular weight is 185 g/mol. The van der Waals surface area contributed by atoms with E-state index < -0.39 is 0 Å². The van der Waals surface area contributed by atoms with Gasteiger partial charge in [-0.1, -0.05) is 18.2 Å². The third kappa shape index (κ3) is 0.970. The van der Waals surface area contributed by atoms with E-state index in [1.54, 1.807) is 12.1 Å². The standard InChI is InChI=1S/C12H8FN/c13-8-5-6-12-10(7-8)9-3-1-2-4-11(9)14-12/h1-3,5-7H,4H2. The fraction of sp³-hybridized carbons (Fsp3) is 0.0833. The van der Waals surface area contributed by atoms with Gasteiger partial charge in [0.1, 0.15) is 5.82 Å². The highest BCUT2D eigenvalue weighted by Gasteiger charge is 2.20. The molecule has 0 N–H and O–H groups in total. The molecule has 0 unspecified atom stereocenters. The number of rotatable bonds is 0. The number of benzene rings is 1. The first-order valence-electron chi connectivity index (χ1n) is 4.59. The van der Waals surface area contributed by atoms with Crippen molar-refractivity contribution >= 4 is 17.0 Å². The second-order valence-electron chi connectivity index (χ2n) is 3.43. The molecule has 0 radical (unpaired) electrons. The van der Waals surface area contributed by atoms with Crippen LogP contribution in [0.15, 0.2) is 41.4 Å². The minimum absolute atomic E-state index is 0.198. The van der Waals surface area contributed by atoms with Crippen molar-refractivity contribution in [1.29, 1.82) is 0 Å². The van der Waals surface area contributed by atoms with Crippen molar-refractivity contribution in [3.8, 4) is 0 Å². The summed E-state index contributed by atoms with van der Waals surface area (Å²) < 4.78 is 13.0. The Labute approximate surface area is 81.3 Å². The van der Waals surface area contributed by atoms with Crippen molar-refractivity contribution in [3.05, 3.63) is 47.8 Å². The lowest BCUT2D eigenvalue weighted by Crippen LogP contribution is -1.98. The summed E-state index contributed by atoms with van der Waals surface area (Å²) >= 11 is 0. The van der Waals surface area contributed by atoms with Gasteiger partial charge in [0.2, 0.25) is 0 Å². The van der Waals surface area contributed by atoms with Crippen LogP contribution in [0.3, 0.4) is 0 Å². The molecule has 68 valence electrons. The topological polar surface area (TPSA) is 12.4 Å². The van der Waals surface area contributed by atoms with E-state index in [0.29, 0.717) is 0 Å². The lowest BCUT2D eigenvalue weighted by molar-refractivity contribution is 0.627. The predicted octanol–water partition coefficient (Wildman–Crippen LogP) is 3.26. The van der Waals surface area contributed by atoms with Crippen molar-refractivity contribution in [2.75, 3.05) is 0 Å². The van der Waals surface area contributed by atoms with Gasteiger partial charge in [-0.2, -0.15) is 0 Å². The summed E-state index contributed by atoms with van der Waals surface area (Å²) in [7, 11) is 0. The molecule has 1 aromatic carbocycles. The Hall–Kier alpha value is -1.70. The molecule has 0 aromatic heterocycles. The lowest BCUT2D eigenvalue weighted by Gasteiger charge is -2.05. The molecule has 1 heterocycles. The average Bonchev–Trinajstić information content (AvgIpc) is 2.56. The Balaban J connectivity index is 2.24. The van der Waals surface area contributed by atoms with Crippen molar-refractivity contribution < 1.29 is 4.39 Å². The van der Waals surface area contributed by atoms with Gasteiger partial charge in [-0.05, 0) is 18.2 Å². The Bertz CT molecular complexity index is 495. The van der Waals surface area contributed by atoms with Gasteiger partial charge >= 0.3 is 0 Å². The summed E-state index contributed by atoms with van der Waals surface area (Å²) in [5.74, 6) is -0.198. The number of fused-ring (bicyclic) bond motifs is 3. The van der Waals surface area contributed by atoms with Crippen LogP contribution in [0.2, 0.25) is 0 Å². The van der Waals surface area contributed by atoms with Gasteiger partial charge in [0.05, 0.1) is 11.4 Å². The minimum atomic E-state index is -0.198. The molecular formula is C12H8FN. The molecule has 1 aliphatic carbocycles. The van der Waals surface area contributed by atoms with Crippen LogP contribution in [0.1, 0.15) is 12.0 Å². The fourth-order valence-electron chi connectivity index (χ4n) is 1.87. The van der Waals surface area contributed by atoms with Crippen molar-refractivity contribution in [2.45, 2.75) is 6.42 Å². The maximum atomic E-state index is 13.0.